The third-order valence-electron chi connectivity index (χ3n) is 3.65. The first-order valence-electron chi connectivity index (χ1n) is 6.66. The molecule has 0 bridgehead atoms. The van der Waals surface area contributed by atoms with Crippen LogP contribution in [0.1, 0.15) is 33.6 Å². The fourth-order valence-electron chi connectivity index (χ4n) is 2.45. The van der Waals surface area contributed by atoms with Crippen molar-refractivity contribution in [2.75, 3.05) is 26.2 Å². The minimum Gasteiger partial charge on any atom is -0.392 e. The van der Waals surface area contributed by atoms with Crippen LogP contribution in [-0.2, 0) is 4.79 Å². The van der Waals surface area contributed by atoms with Crippen LogP contribution >= 0.6 is 0 Å². The van der Waals surface area contributed by atoms with E-state index in [9.17, 15) is 9.90 Å². The Hall–Kier alpha value is -0.870. The van der Waals surface area contributed by atoms with Crippen molar-refractivity contribution in [3.63, 3.8) is 0 Å². The van der Waals surface area contributed by atoms with Crippen LogP contribution in [0.3, 0.4) is 0 Å². The SMILES string of the molecule is C=CCCC(O)CN1CCN(C(C)=O)CC1(C)C. The van der Waals surface area contributed by atoms with Gasteiger partial charge in [0.25, 0.3) is 0 Å². The van der Waals surface area contributed by atoms with Crippen LogP contribution < -0.4 is 0 Å². The van der Waals surface area contributed by atoms with E-state index < -0.39 is 0 Å². The molecule has 1 fully saturated rings. The fraction of sp³-hybridized carbons (Fsp3) is 0.786. The summed E-state index contributed by atoms with van der Waals surface area (Å²) in [6, 6.07) is 0. The zero-order valence-corrected chi connectivity index (χ0v) is 11.9. The molecule has 4 nitrogen and oxygen atoms in total. The van der Waals surface area contributed by atoms with E-state index in [1.807, 2.05) is 11.0 Å². The Kier molecular flexibility index (Phi) is 5.35. The summed E-state index contributed by atoms with van der Waals surface area (Å²) in [5, 5.41) is 9.97. The number of rotatable bonds is 5. The molecule has 1 heterocycles. The number of hydrogen-bond donors (Lipinski definition) is 1. The van der Waals surface area contributed by atoms with Crippen molar-refractivity contribution < 1.29 is 9.90 Å². The molecule has 0 saturated carbocycles. The molecule has 1 rings (SSSR count). The molecule has 18 heavy (non-hydrogen) atoms. The van der Waals surface area contributed by atoms with E-state index in [2.05, 4.69) is 25.3 Å². The third-order valence-corrected chi connectivity index (χ3v) is 3.65. The molecular formula is C14H26N2O2. The second-order valence-corrected chi connectivity index (χ2v) is 5.72. The molecule has 1 aliphatic rings. The van der Waals surface area contributed by atoms with Crippen LogP contribution in [0.2, 0.25) is 0 Å². The molecule has 4 heteroatoms. The molecule has 0 radical (unpaired) electrons. The number of carbonyl (C=O) groups is 1. The Labute approximate surface area is 110 Å². The predicted molar refractivity (Wildman–Crippen MR) is 73.3 cm³/mol. The lowest BCUT2D eigenvalue weighted by Crippen LogP contribution is -2.61. The molecule has 0 aromatic carbocycles. The molecule has 0 aromatic heterocycles. The Bertz CT molecular complexity index is 302. The van der Waals surface area contributed by atoms with Crippen molar-refractivity contribution in [1.29, 1.82) is 0 Å². The monoisotopic (exact) mass is 254 g/mol. The standard InChI is InChI=1S/C14H26N2O2/c1-5-6-7-13(18)10-16-9-8-15(12(2)17)11-14(16,3)4/h5,13,18H,1,6-11H2,2-4H3. The first kappa shape index (κ1) is 15.2. The van der Waals surface area contributed by atoms with Crippen LogP contribution in [0.15, 0.2) is 12.7 Å². The number of β-amino-alcohol motifs (C(OH)–C–C–N with tert-alkyl or cyclic N) is 1. The van der Waals surface area contributed by atoms with Crippen molar-refractivity contribution in [1.82, 2.24) is 9.80 Å². The van der Waals surface area contributed by atoms with Crippen molar-refractivity contribution >= 4 is 5.91 Å². The zero-order chi connectivity index (χ0) is 13.8. The van der Waals surface area contributed by atoms with Gasteiger partial charge >= 0.3 is 0 Å². The van der Waals surface area contributed by atoms with E-state index >= 15 is 0 Å². The molecule has 0 spiro atoms. The summed E-state index contributed by atoms with van der Waals surface area (Å²) in [4.78, 5) is 15.6. The Balaban J connectivity index is 2.52. The summed E-state index contributed by atoms with van der Waals surface area (Å²) in [5.41, 5.74) is -0.0704. The summed E-state index contributed by atoms with van der Waals surface area (Å²) < 4.78 is 0. The second-order valence-electron chi connectivity index (χ2n) is 5.72. The summed E-state index contributed by atoms with van der Waals surface area (Å²) >= 11 is 0. The highest BCUT2D eigenvalue weighted by atomic mass is 16.3. The van der Waals surface area contributed by atoms with Crippen LogP contribution in [0.25, 0.3) is 0 Å². The van der Waals surface area contributed by atoms with E-state index in [0.717, 1.165) is 32.5 Å². The van der Waals surface area contributed by atoms with E-state index in [-0.39, 0.29) is 17.6 Å². The minimum absolute atomic E-state index is 0.0704. The normalized spacial score (nSPS) is 21.7. The van der Waals surface area contributed by atoms with Crippen molar-refractivity contribution in [2.45, 2.75) is 45.3 Å². The quantitative estimate of drug-likeness (QED) is 0.751. The minimum atomic E-state index is -0.314. The Morgan fingerprint density at radius 3 is 2.67 bits per heavy atom. The topological polar surface area (TPSA) is 43.8 Å². The van der Waals surface area contributed by atoms with Gasteiger partial charge in [-0.3, -0.25) is 9.69 Å². The van der Waals surface area contributed by atoms with Crippen LogP contribution in [0.4, 0.5) is 0 Å². The molecule has 1 amide bonds. The maximum absolute atomic E-state index is 11.4. The van der Waals surface area contributed by atoms with Gasteiger partial charge in [0.15, 0.2) is 0 Å². The number of allylic oxidation sites excluding steroid dienone is 1. The van der Waals surface area contributed by atoms with Gasteiger partial charge in [-0.05, 0) is 26.7 Å². The maximum Gasteiger partial charge on any atom is 0.219 e. The highest BCUT2D eigenvalue weighted by Gasteiger charge is 2.35. The molecule has 1 aliphatic heterocycles. The number of carbonyl (C=O) groups excluding carboxylic acids is 1. The van der Waals surface area contributed by atoms with Gasteiger partial charge in [0.2, 0.25) is 5.91 Å². The third kappa shape index (κ3) is 4.10. The smallest absolute Gasteiger partial charge is 0.219 e. The highest BCUT2D eigenvalue weighted by Crippen LogP contribution is 2.21. The second kappa shape index (κ2) is 6.34. The van der Waals surface area contributed by atoms with Gasteiger partial charge in [-0.2, -0.15) is 0 Å². The Morgan fingerprint density at radius 1 is 1.50 bits per heavy atom. The largest absolute Gasteiger partial charge is 0.392 e. The van der Waals surface area contributed by atoms with E-state index in [1.54, 1.807) is 6.92 Å². The van der Waals surface area contributed by atoms with Crippen molar-refractivity contribution in [3.8, 4) is 0 Å². The van der Waals surface area contributed by atoms with E-state index in [1.165, 1.54) is 0 Å². The van der Waals surface area contributed by atoms with E-state index in [4.69, 9.17) is 0 Å². The van der Waals surface area contributed by atoms with Gasteiger partial charge in [0, 0.05) is 38.6 Å². The lowest BCUT2D eigenvalue weighted by atomic mass is 9.97. The van der Waals surface area contributed by atoms with E-state index in [0.29, 0.717) is 6.54 Å². The summed E-state index contributed by atoms with van der Waals surface area (Å²) in [6.45, 7) is 12.5. The first-order chi connectivity index (χ1) is 8.36. The lowest BCUT2D eigenvalue weighted by Gasteiger charge is -2.47. The van der Waals surface area contributed by atoms with Crippen LogP contribution in [0, 0.1) is 0 Å². The number of nitrogens with zero attached hydrogens (tertiary/aromatic N) is 2. The fourth-order valence-corrected chi connectivity index (χ4v) is 2.45. The van der Waals surface area contributed by atoms with Crippen LogP contribution in [-0.4, -0.2) is 58.6 Å². The molecule has 0 aliphatic carbocycles. The van der Waals surface area contributed by atoms with Gasteiger partial charge in [-0.1, -0.05) is 6.08 Å². The molecule has 1 atom stereocenters. The first-order valence-corrected chi connectivity index (χ1v) is 6.66. The average Bonchev–Trinajstić information content (AvgIpc) is 2.28. The average molecular weight is 254 g/mol. The molecule has 1 N–H and O–H groups in total. The molecular weight excluding hydrogens is 228 g/mol. The van der Waals surface area contributed by atoms with Crippen molar-refractivity contribution in [2.24, 2.45) is 0 Å². The van der Waals surface area contributed by atoms with Gasteiger partial charge < -0.3 is 10.0 Å². The van der Waals surface area contributed by atoms with Crippen LogP contribution in [0.5, 0.6) is 0 Å². The van der Waals surface area contributed by atoms with Gasteiger partial charge in [0.1, 0.15) is 0 Å². The number of aliphatic hydroxyl groups is 1. The number of hydrogen-bond acceptors (Lipinski definition) is 3. The molecule has 1 unspecified atom stereocenters. The number of amides is 1. The number of piperazine rings is 1. The summed E-state index contributed by atoms with van der Waals surface area (Å²) in [7, 11) is 0. The summed E-state index contributed by atoms with van der Waals surface area (Å²) in [5.74, 6) is 0.134. The van der Waals surface area contributed by atoms with Gasteiger partial charge in [-0.15, -0.1) is 6.58 Å². The van der Waals surface area contributed by atoms with Crippen molar-refractivity contribution in [3.05, 3.63) is 12.7 Å². The number of aliphatic hydroxyl groups excluding tert-OH is 1. The zero-order valence-electron chi connectivity index (χ0n) is 11.9. The molecule has 0 aromatic rings. The lowest BCUT2D eigenvalue weighted by molar-refractivity contribution is -0.134. The van der Waals surface area contributed by atoms with Gasteiger partial charge in [-0.25, -0.2) is 0 Å². The van der Waals surface area contributed by atoms with Gasteiger partial charge in [0.05, 0.1) is 6.10 Å². The predicted octanol–water partition coefficient (Wildman–Crippen LogP) is 1.26. The Morgan fingerprint density at radius 2 is 2.17 bits per heavy atom. The molecule has 1 saturated heterocycles. The summed E-state index contributed by atoms with van der Waals surface area (Å²) in [6.07, 6.45) is 3.12. The molecule has 104 valence electrons. The maximum atomic E-state index is 11.4. The highest BCUT2D eigenvalue weighted by molar-refractivity contribution is 5.73.